The molecular weight excluding hydrogens is 300 g/mol. The van der Waals surface area contributed by atoms with Crippen molar-refractivity contribution in [1.82, 2.24) is 19.6 Å². The number of carbonyl (C=O) groups is 1. The van der Waals surface area contributed by atoms with Crippen LogP contribution >= 0.6 is 0 Å². The quantitative estimate of drug-likeness (QED) is 0.804. The van der Waals surface area contributed by atoms with Gasteiger partial charge in [-0.25, -0.2) is 0 Å². The molecule has 0 aromatic carbocycles. The molecule has 3 heterocycles. The summed E-state index contributed by atoms with van der Waals surface area (Å²) in [6.45, 7) is 12.8. The van der Waals surface area contributed by atoms with Crippen LogP contribution in [-0.4, -0.2) is 58.2 Å². The van der Waals surface area contributed by atoms with Gasteiger partial charge in [0.15, 0.2) is 0 Å². The number of amides is 1. The summed E-state index contributed by atoms with van der Waals surface area (Å²) in [5.41, 5.74) is 1.49. The molecule has 0 radical (unpaired) electrons. The molecule has 1 amide bonds. The fourth-order valence-electron chi connectivity index (χ4n) is 4.22. The molecule has 2 aliphatic heterocycles. The fourth-order valence-corrected chi connectivity index (χ4v) is 4.22. The Labute approximate surface area is 146 Å². The molecule has 0 unspecified atom stereocenters. The van der Waals surface area contributed by atoms with Crippen LogP contribution in [0.25, 0.3) is 0 Å². The van der Waals surface area contributed by atoms with E-state index in [0.717, 1.165) is 52.1 Å². The molecule has 1 aromatic rings. The molecule has 134 valence electrons. The van der Waals surface area contributed by atoms with Crippen LogP contribution in [0.15, 0.2) is 12.4 Å². The van der Waals surface area contributed by atoms with Crippen molar-refractivity contribution in [3.63, 3.8) is 0 Å². The highest BCUT2D eigenvalue weighted by atomic mass is 16.2. The highest BCUT2D eigenvalue weighted by molar-refractivity contribution is 5.79. The van der Waals surface area contributed by atoms with E-state index in [1.54, 1.807) is 0 Å². The van der Waals surface area contributed by atoms with Crippen molar-refractivity contribution < 1.29 is 4.79 Å². The number of likely N-dealkylation sites (tertiary alicyclic amines) is 2. The Morgan fingerprint density at radius 1 is 1.25 bits per heavy atom. The van der Waals surface area contributed by atoms with Gasteiger partial charge in [-0.1, -0.05) is 13.8 Å². The average molecular weight is 332 g/mol. The average Bonchev–Trinajstić information content (AvgIpc) is 3.05. The summed E-state index contributed by atoms with van der Waals surface area (Å²) >= 11 is 0. The molecule has 1 aromatic heterocycles. The first-order valence-corrected chi connectivity index (χ1v) is 9.45. The third kappa shape index (κ3) is 4.18. The van der Waals surface area contributed by atoms with E-state index in [9.17, 15) is 4.79 Å². The predicted molar refractivity (Wildman–Crippen MR) is 95.7 cm³/mol. The number of nitrogens with zero attached hydrogens (tertiary/aromatic N) is 4. The lowest BCUT2D eigenvalue weighted by atomic mass is 9.77. The summed E-state index contributed by atoms with van der Waals surface area (Å²) in [5.74, 6) is 0.946. The fraction of sp³-hybridized carbons (Fsp3) is 0.789. The van der Waals surface area contributed by atoms with Crippen LogP contribution in [0.3, 0.4) is 0 Å². The van der Waals surface area contributed by atoms with Gasteiger partial charge < -0.3 is 9.80 Å². The van der Waals surface area contributed by atoms with Crippen molar-refractivity contribution in [3.8, 4) is 0 Å². The SMILES string of the molecule is Cc1cnn(CCCN2CCC3(CC2)CC(=O)N(CC(C)C)C3)c1. The summed E-state index contributed by atoms with van der Waals surface area (Å²) in [7, 11) is 0. The van der Waals surface area contributed by atoms with Crippen LogP contribution in [0.5, 0.6) is 0 Å². The summed E-state index contributed by atoms with van der Waals surface area (Å²) < 4.78 is 2.04. The van der Waals surface area contributed by atoms with E-state index < -0.39 is 0 Å². The molecule has 0 aliphatic carbocycles. The van der Waals surface area contributed by atoms with Gasteiger partial charge in [-0.15, -0.1) is 0 Å². The maximum atomic E-state index is 12.3. The van der Waals surface area contributed by atoms with Crippen molar-refractivity contribution in [1.29, 1.82) is 0 Å². The van der Waals surface area contributed by atoms with Crippen molar-refractivity contribution in [2.24, 2.45) is 11.3 Å². The van der Waals surface area contributed by atoms with E-state index in [-0.39, 0.29) is 5.41 Å². The van der Waals surface area contributed by atoms with Gasteiger partial charge in [-0.3, -0.25) is 9.48 Å². The van der Waals surface area contributed by atoms with E-state index in [1.807, 2.05) is 10.9 Å². The molecule has 2 fully saturated rings. The lowest BCUT2D eigenvalue weighted by molar-refractivity contribution is -0.128. The normalized spacial score (nSPS) is 21.3. The van der Waals surface area contributed by atoms with Crippen LogP contribution in [0.2, 0.25) is 0 Å². The van der Waals surface area contributed by atoms with Crippen LogP contribution in [0.4, 0.5) is 0 Å². The van der Waals surface area contributed by atoms with Crippen LogP contribution in [0, 0.1) is 18.3 Å². The number of carbonyl (C=O) groups excluding carboxylic acids is 1. The summed E-state index contributed by atoms with van der Waals surface area (Å²) in [4.78, 5) is 17.0. The Bertz CT molecular complexity index is 557. The smallest absolute Gasteiger partial charge is 0.223 e. The van der Waals surface area contributed by atoms with E-state index in [2.05, 4.69) is 41.9 Å². The standard InChI is InChI=1S/C19H32N4O/c1-16(2)13-22-15-19(11-18(22)24)5-9-21(10-6-19)7-4-8-23-14-17(3)12-20-23/h12,14,16H,4-11,13,15H2,1-3H3. The zero-order chi connectivity index (χ0) is 17.2. The van der Waals surface area contributed by atoms with Crippen LogP contribution < -0.4 is 0 Å². The molecule has 5 heteroatoms. The van der Waals surface area contributed by atoms with Gasteiger partial charge in [0.1, 0.15) is 0 Å². The van der Waals surface area contributed by atoms with Crippen LogP contribution in [0.1, 0.15) is 45.1 Å². The lowest BCUT2D eigenvalue weighted by Crippen LogP contribution is -2.42. The zero-order valence-electron chi connectivity index (χ0n) is 15.5. The van der Waals surface area contributed by atoms with Gasteiger partial charge in [0.05, 0.1) is 6.20 Å². The van der Waals surface area contributed by atoms with Gasteiger partial charge >= 0.3 is 0 Å². The maximum Gasteiger partial charge on any atom is 0.223 e. The number of hydrogen-bond acceptors (Lipinski definition) is 3. The van der Waals surface area contributed by atoms with Crippen molar-refractivity contribution >= 4 is 5.91 Å². The highest BCUT2D eigenvalue weighted by Crippen LogP contribution is 2.41. The zero-order valence-corrected chi connectivity index (χ0v) is 15.5. The second kappa shape index (κ2) is 7.26. The van der Waals surface area contributed by atoms with Gasteiger partial charge in [0.2, 0.25) is 5.91 Å². The number of hydrogen-bond donors (Lipinski definition) is 0. The molecule has 0 N–H and O–H groups in total. The minimum atomic E-state index is 0.265. The summed E-state index contributed by atoms with van der Waals surface area (Å²) in [6.07, 6.45) is 8.30. The Hall–Kier alpha value is -1.36. The summed E-state index contributed by atoms with van der Waals surface area (Å²) in [6, 6.07) is 0. The van der Waals surface area contributed by atoms with Gasteiger partial charge in [-0.2, -0.15) is 5.10 Å². The third-order valence-electron chi connectivity index (χ3n) is 5.53. The molecule has 5 nitrogen and oxygen atoms in total. The topological polar surface area (TPSA) is 41.4 Å². The number of rotatable bonds is 6. The number of aryl methyl sites for hydroxylation is 2. The second-order valence-corrected chi connectivity index (χ2v) is 8.32. The monoisotopic (exact) mass is 332 g/mol. The third-order valence-corrected chi connectivity index (χ3v) is 5.53. The van der Waals surface area contributed by atoms with E-state index in [0.29, 0.717) is 11.8 Å². The minimum Gasteiger partial charge on any atom is -0.342 e. The molecule has 3 rings (SSSR count). The van der Waals surface area contributed by atoms with Crippen molar-refractivity contribution in [2.75, 3.05) is 32.7 Å². The Morgan fingerprint density at radius 2 is 2.00 bits per heavy atom. The molecule has 1 spiro atoms. The molecule has 0 bridgehead atoms. The maximum absolute atomic E-state index is 12.3. The van der Waals surface area contributed by atoms with E-state index >= 15 is 0 Å². The minimum absolute atomic E-state index is 0.265. The van der Waals surface area contributed by atoms with Crippen LogP contribution in [-0.2, 0) is 11.3 Å². The largest absolute Gasteiger partial charge is 0.342 e. The Balaban J connectivity index is 1.42. The van der Waals surface area contributed by atoms with E-state index in [1.165, 1.54) is 18.4 Å². The molecule has 0 saturated carbocycles. The number of aromatic nitrogens is 2. The first-order chi connectivity index (χ1) is 11.5. The summed E-state index contributed by atoms with van der Waals surface area (Å²) in [5, 5.41) is 4.35. The highest BCUT2D eigenvalue weighted by Gasteiger charge is 2.44. The molecule has 0 atom stereocenters. The van der Waals surface area contributed by atoms with Gasteiger partial charge in [0, 0.05) is 32.3 Å². The van der Waals surface area contributed by atoms with Gasteiger partial charge in [-0.05, 0) is 62.7 Å². The van der Waals surface area contributed by atoms with Gasteiger partial charge in [0.25, 0.3) is 0 Å². The Kier molecular flexibility index (Phi) is 5.28. The predicted octanol–water partition coefficient (Wildman–Crippen LogP) is 2.55. The molecule has 24 heavy (non-hydrogen) atoms. The lowest BCUT2D eigenvalue weighted by Gasteiger charge is -2.39. The van der Waals surface area contributed by atoms with Crippen molar-refractivity contribution in [3.05, 3.63) is 18.0 Å². The second-order valence-electron chi connectivity index (χ2n) is 8.32. The number of piperidine rings is 1. The molecular formula is C19H32N4O. The first-order valence-electron chi connectivity index (χ1n) is 9.45. The first kappa shape index (κ1) is 17.5. The molecule has 2 saturated heterocycles. The Morgan fingerprint density at radius 3 is 2.62 bits per heavy atom. The van der Waals surface area contributed by atoms with E-state index in [4.69, 9.17) is 0 Å². The van der Waals surface area contributed by atoms with Crippen molar-refractivity contribution in [2.45, 2.75) is 53.0 Å². The molecule has 2 aliphatic rings.